The summed E-state index contributed by atoms with van der Waals surface area (Å²) in [5.41, 5.74) is 0.0698. The molecule has 1 unspecified atom stereocenters. The van der Waals surface area contributed by atoms with Gasteiger partial charge in [-0.2, -0.15) is 0 Å². The van der Waals surface area contributed by atoms with Gasteiger partial charge in [0.25, 0.3) is 0 Å². The second-order valence-corrected chi connectivity index (χ2v) is 7.66. The molecule has 1 aliphatic rings. The number of para-hydroxylation sites is 1. The highest BCUT2D eigenvalue weighted by Gasteiger charge is 2.25. The highest BCUT2D eigenvalue weighted by molar-refractivity contribution is 5.80. The van der Waals surface area contributed by atoms with E-state index in [4.69, 9.17) is 4.74 Å². The smallest absolute Gasteiger partial charge is 0.193 e. The predicted octanol–water partition coefficient (Wildman–Crippen LogP) is 3.69. The predicted molar refractivity (Wildman–Crippen MR) is 116 cm³/mol. The number of piperidine rings is 1. The van der Waals surface area contributed by atoms with Gasteiger partial charge in [-0.05, 0) is 38.4 Å². The lowest BCUT2D eigenvalue weighted by atomic mass is 10.0. The van der Waals surface area contributed by atoms with Gasteiger partial charge in [0.05, 0.1) is 6.04 Å². The standard InChI is InChI=1S/C23H30F2N4O/c1-26-23(27-16-21(28(2)3)22-19(24)10-7-11-20(22)25)29-14-12-18(13-15-29)30-17-8-5-4-6-9-17/h4-11,18,21H,12-16H2,1-3H3,(H,26,27). The van der Waals surface area contributed by atoms with Crippen LogP contribution in [0.4, 0.5) is 8.78 Å². The molecule has 0 radical (unpaired) electrons. The maximum absolute atomic E-state index is 14.3. The lowest BCUT2D eigenvalue weighted by molar-refractivity contribution is 0.129. The van der Waals surface area contributed by atoms with Gasteiger partial charge in [-0.15, -0.1) is 0 Å². The van der Waals surface area contributed by atoms with Crippen molar-refractivity contribution in [2.45, 2.75) is 25.0 Å². The van der Waals surface area contributed by atoms with Crippen LogP contribution in [0, 0.1) is 11.6 Å². The number of hydrogen-bond donors (Lipinski definition) is 1. The number of halogens is 2. The van der Waals surface area contributed by atoms with Gasteiger partial charge in [-0.25, -0.2) is 8.78 Å². The monoisotopic (exact) mass is 416 g/mol. The molecule has 1 aliphatic heterocycles. The zero-order valence-corrected chi connectivity index (χ0v) is 17.8. The van der Waals surface area contributed by atoms with Crippen LogP contribution in [0.5, 0.6) is 5.75 Å². The molecule has 7 heteroatoms. The molecule has 0 saturated carbocycles. The molecule has 1 N–H and O–H groups in total. The Morgan fingerprint density at radius 1 is 1.10 bits per heavy atom. The van der Waals surface area contributed by atoms with Gasteiger partial charge in [-0.1, -0.05) is 24.3 Å². The zero-order chi connectivity index (χ0) is 21.5. The van der Waals surface area contributed by atoms with E-state index in [1.165, 1.54) is 18.2 Å². The number of hydrogen-bond acceptors (Lipinski definition) is 3. The third-order valence-electron chi connectivity index (χ3n) is 5.41. The quantitative estimate of drug-likeness (QED) is 0.576. The van der Waals surface area contributed by atoms with Crippen molar-refractivity contribution in [1.82, 2.24) is 15.1 Å². The number of likely N-dealkylation sites (N-methyl/N-ethyl adjacent to an activating group) is 1. The van der Waals surface area contributed by atoms with Crippen LogP contribution < -0.4 is 10.1 Å². The van der Waals surface area contributed by atoms with Gasteiger partial charge >= 0.3 is 0 Å². The molecule has 1 saturated heterocycles. The first-order valence-electron chi connectivity index (χ1n) is 10.3. The van der Waals surface area contributed by atoms with Crippen LogP contribution in [0.3, 0.4) is 0 Å². The van der Waals surface area contributed by atoms with Gasteiger partial charge in [-0.3, -0.25) is 4.99 Å². The van der Waals surface area contributed by atoms with Gasteiger partial charge in [0.2, 0.25) is 0 Å². The second-order valence-electron chi connectivity index (χ2n) is 7.66. The van der Waals surface area contributed by atoms with Crippen LogP contribution in [0.2, 0.25) is 0 Å². The van der Waals surface area contributed by atoms with E-state index < -0.39 is 17.7 Å². The molecular formula is C23H30F2N4O. The molecule has 1 fully saturated rings. The molecule has 0 spiro atoms. The number of nitrogens with one attached hydrogen (secondary N) is 1. The van der Waals surface area contributed by atoms with E-state index in [2.05, 4.69) is 15.2 Å². The highest BCUT2D eigenvalue weighted by Crippen LogP contribution is 2.24. The van der Waals surface area contributed by atoms with E-state index in [-0.39, 0.29) is 11.7 Å². The average molecular weight is 417 g/mol. The summed E-state index contributed by atoms with van der Waals surface area (Å²) in [5.74, 6) is 0.546. The molecule has 2 aromatic carbocycles. The highest BCUT2D eigenvalue weighted by atomic mass is 19.1. The van der Waals surface area contributed by atoms with Crippen molar-refractivity contribution in [3.05, 3.63) is 65.7 Å². The van der Waals surface area contributed by atoms with Crippen LogP contribution in [-0.2, 0) is 0 Å². The first-order valence-corrected chi connectivity index (χ1v) is 10.3. The SMILES string of the molecule is CN=C(NCC(c1c(F)cccc1F)N(C)C)N1CCC(Oc2ccccc2)CC1. The molecule has 2 aromatic rings. The van der Waals surface area contributed by atoms with E-state index >= 15 is 0 Å². The molecule has 30 heavy (non-hydrogen) atoms. The summed E-state index contributed by atoms with van der Waals surface area (Å²) >= 11 is 0. The van der Waals surface area contributed by atoms with Crippen LogP contribution in [0.1, 0.15) is 24.4 Å². The second kappa shape index (κ2) is 10.4. The summed E-state index contributed by atoms with van der Waals surface area (Å²) in [6, 6.07) is 13.4. The van der Waals surface area contributed by atoms with Crippen LogP contribution >= 0.6 is 0 Å². The van der Waals surface area contributed by atoms with E-state index in [0.717, 1.165) is 37.6 Å². The number of likely N-dealkylation sites (tertiary alicyclic amines) is 1. The Hall–Kier alpha value is -2.67. The largest absolute Gasteiger partial charge is 0.490 e. The number of rotatable bonds is 6. The molecule has 1 atom stereocenters. The topological polar surface area (TPSA) is 40.1 Å². The molecule has 1 heterocycles. The van der Waals surface area contributed by atoms with E-state index in [0.29, 0.717) is 6.54 Å². The van der Waals surface area contributed by atoms with Crippen LogP contribution in [0.25, 0.3) is 0 Å². The summed E-state index contributed by atoms with van der Waals surface area (Å²) in [7, 11) is 5.35. The lowest BCUT2D eigenvalue weighted by Crippen LogP contribution is -2.49. The number of nitrogens with zero attached hydrogens (tertiary/aromatic N) is 3. The number of ether oxygens (including phenoxy) is 1. The summed E-state index contributed by atoms with van der Waals surface area (Å²) in [6.07, 6.45) is 1.94. The van der Waals surface area contributed by atoms with Crippen molar-refractivity contribution >= 4 is 5.96 Å². The van der Waals surface area contributed by atoms with Gasteiger partial charge in [0.15, 0.2) is 5.96 Å². The molecule has 5 nitrogen and oxygen atoms in total. The molecule has 3 rings (SSSR count). The number of guanidine groups is 1. The van der Waals surface area contributed by atoms with Crippen molar-refractivity contribution in [3.63, 3.8) is 0 Å². The molecule has 0 aliphatic carbocycles. The van der Waals surface area contributed by atoms with Crippen molar-refractivity contribution in [2.24, 2.45) is 4.99 Å². The number of aliphatic imine (C=N–C) groups is 1. The fourth-order valence-corrected chi connectivity index (χ4v) is 3.77. The van der Waals surface area contributed by atoms with Crippen LogP contribution in [0.15, 0.2) is 53.5 Å². The Morgan fingerprint density at radius 3 is 2.30 bits per heavy atom. The number of benzene rings is 2. The molecular weight excluding hydrogens is 386 g/mol. The summed E-state index contributed by atoms with van der Waals surface area (Å²) in [5, 5.41) is 3.30. The van der Waals surface area contributed by atoms with E-state index in [1.807, 2.05) is 49.3 Å². The lowest BCUT2D eigenvalue weighted by Gasteiger charge is -2.35. The first kappa shape index (κ1) is 22.0. The Bertz CT molecular complexity index is 816. The normalized spacial score (nSPS) is 16.6. The van der Waals surface area contributed by atoms with Gasteiger partial charge < -0.3 is 19.9 Å². The molecule has 0 aromatic heterocycles. The molecule has 0 amide bonds. The van der Waals surface area contributed by atoms with Crippen molar-refractivity contribution in [3.8, 4) is 5.75 Å². The maximum Gasteiger partial charge on any atom is 0.193 e. The van der Waals surface area contributed by atoms with Crippen LogP contribution in [-0.4, -0.2) is 62.6 Å². The third kappa shape index (κ3) is 5.48. The minimum absolute atomic E-state index is 0.0698. The minimum atomic E-state index is -0.538. The van der Waals surface area contributed by atoms with E-state index in [1.54, 1.807) is 7.05 Å². The Kier molecular flexibility index (Phi) is 7.63. The molecule has 162 valence electrons. The summed E-state index contributed by atoms with van der Waals surface area (Å²) in [6.45, 7) is 1.95. The summed E-state index contributed by atoms with van der Waals surface area (Å²) < 4.78 is 34.6. The fraction of sp³-hybridized carbons (Fsp3) is 0.435. The Labute approximate surface area is 177 Å². The fourth-order valence-electron chi connectivity index (χ4n) is 3.77. The van der Waals surface area contributed by atoms with Gasteiger partial charge in [0, 0.05) is 45.1 Å². The average Bonchev–Trinajstić information content (AvgIpc) is 2.74. The van der Waals surface area contributed by atoms with Gasteiger partial charge in [0.1, 0.15) is 23.5 Å². The zero-order valence-electron chi connectivity index (χ0n) is 17.8. The van der Waals surface area contributed by atoms with Crippen molar-refractivity contribution in [1.29, 1.82) is 0 Å². The third-order valence-corrected chi connectivity index (χ3v) is 5.41. The summed E-state index contributed by atoms with van der Waals surface area (Å²) in [4.78, 5) is 8.34. The maximum atomic E-state index is 14.3. The van der Waals surface area contributed by atoms with E-state index in [9.17, 15) is 8.78 Å². The van der Waals surface area contributed by atoms with Crippen molar-refractivity contribution in [2.75, 3.05) is 40.8 Å². The molecule has 0 bridgehead atoms. The Morgan fingerprint density at radius 2 is 1.73 bits per heavy atom. The first-order chi connectivity index (χ1) is 14.5. The minimum Gasteiger partial charge on any atom is -0.490 e. The van der Waals surface area contributed by atoms with Crippen molar-refractivity contribution < 1.29 is 13.5 Å². The Balaban J connectivity index is 1.58.